The van der Waals surface area contributed by atoms with Crippen LogP contribution in [-0.4, -0.2) is 5.78 Å². The van der Waals surface area contributed by atoms with Crippen LogP contribution in [-0.2, 0) is 4.79 Å². The van der Waals surface area contributed by atoms with Crippen LogP contribution in [0.15, 0.2) is 60.7 Å². The van der Waals surface area contributed by atoms with Gasteiger partial charge in [0.05, 0.1) is 0 Å². The number of hydrogen-bond acceptors (Lipinski definition) is 1. The first-order valence-electron chi connectivity index (χ1n) is 5.60. The van der Waals surface area contributed by atoms with Gasteiger partial charge in [0, 0.05) is 5.57 Å². The Hall–Kier alpha value is -2.15. The second-order valence-corrected chi connectivity index (χ2v) is 3.89. The molecule has 1 heteroatoms. The molecule has 0 fully saturated rings. The maximum absolute atomic E-state index is 11.7. The van der Waals surface area contributed by atoms with Crippen LogP contribution in [0.5, 0.6) is 0 Å². The summed E-state index contributed by atoms with van der Waals surface area (Å²) in [7, 11) is 0. The number of Topliss-reactive ketones (excluding diaryl/α,β-unsaturated/α-hetero) is 1. The van der Waals surface area contributed by atoms with E-state index in [1.807, 2.05) is 66.7 Å². The first-order chi connectivity index (χ1) is 8.27. The van der Waals surface area contributed by atoms with Gasteiger partial charge in [-0.3, -0.25) is 4.79 Å². The number of benzene rings is 2. The summed E-state index contributed by atoms with van der Waals surface area (Å²) in [5.41, 5.74) is 2.75. The number of hydrogen-bond donors (Lipinski definition) is 0. The summed E-state index contributed by atoms with van der Waals surface area (Å²) in [6.45, 7) is 1.60. The molecule has 0 aliphatic heterocycles. The Labute approximate surface area is 101 Å². The smallest absolute Gasteiger partial charge is 0.160 e. The Bertz CT molecular complexity index is 524. The topological polar surface area (TPSA) is 17.1 Å². The SMILES string of the molecule is CC(=O)C(=Cc1ccccc1)c1ccccc1. The molecule has 0 aliphatic carbocycles. The van der Waals surface area contributed by atoms with Crippen molar-refractivity contribution in [1.29, 1.82) is 0 Å². The predicted octanol–water partition coefficient (Wildman–Crippen LogP) is 3.82. The van der Waals surface area contributed by atoms with E-state index in [1.54, 1.807) is 6.92 Å². The van der Waals surface area contributed by atoms with Crippen LogP contribution in [0.25, 0.3) is 11.6 Å². The van der Waals surface area contributed by atoms with Crippen molar-refractivity contribution in [1.82, 2.24) is 0 Å². The van der Waals surface area contributed by atoms with E-state index in [4.69, 9.17) is 0 Å². The van der Waals surface area contributed by atoms with Gasteiger partial charge in [-0.2, -0.15) is 0 Å². The standard InChI is InChI=1S/C16H14O/c1-13(17)16(15-10-6-3-7-11-15)12-14-8-4-2-5-9-14/h2-12H,1H3. The average molecular weight is 222 g/mol. The third-order valence-electron chi connectivity index (χ3n) is 2.57. The lowest BCUT2D eigenvalue weighted by molar-refractivity contribution is -0.111. The van der Waals surface area contributed by atoms with E-state index in [1.165, 1.54) is 0 Å². The zero-order valence-corrected chi connectivity index (χ0v) is 9.76. The van der Waals surface area contributed by atoms with E-state index in [0.29, 0.717) is 0 Å². The van der Waals surface area contributed by atoms with E-state index in [2.05, 4.69) is 0 Å². The van der Waals surface area contributed by atoms with Gasteiger partial charge in [0.25, 0.3) is 0 Å². The molecule has 0 heterocycles. The van der Waals surface area contributed by atoms with Gasteiger partial charge in [-0.25, -0.2) is 0 Å². The molecule has 0 atom stereocenters. The average Bonchev–Trinajstić information content (AvgIpc) is 2.38. The fourth-order valence-corrected chi connectivity index (χ4v) is 1.72. The zero-order valence-electron chi connectivity index (χ0n) is 9.76. The highest BCUT2D eigenvalue weighted by Crippen LogP contribution is 2.18. The van der Waals surface area contributed by atoms with Gasteiger partial charge in [0.2, 0.25) is 0 Å². The summed E-state index contributed by atoms with van der Waals surface area (Å²) in [5.74, 6) is 0.0834. The molecule has 0 saturated carbocycles. The summed E-state index contributed by atoms with van der Waals surface area (Å²) in [5, 5.41) is 0. The van der Waals surface area contributed by atoms with Crippen molar-refractivity contribution in [2.75, 3.05) is 0 Å². The fourth-order valence-electron chi connectivity index (χ4n) is 1.72. The van der Waals surface area contributed by atoms with Gasteiger partial charge in [0.1, 0.15) is 0 Å². The molecule has 0 bridgehead atoms. The molecule has 2 aromatic carbocycles. The Morgan fingerprint density at radius 2 is 1.41 bits per heavy atom. The monoisotopic (exact) mass is 222 g/mol. The van der Waals surface area contributed by atoms with E-state index < -0.39 is 0 Å². The van der Waals surface area contributed by atoms with E-state index in [-0.39, 0.29) is 5.78 Å². The Kier molecular flexibility index (Phi) is 3.51. The highest BCUT2D eigenvalue weighted by Gasteiger charge is 2.06. The van der Waals surface area contributed by atoms with Gasteiger partial charge >= 0.3 is 0 Å². The third-order valence-corrected chi connectivity index (χ3v) is 2.57. The van der Waals surface area contributed by atoms with Crippen molar-refractivity contribution in [3.05, 3.63) is 71.8 Å². The second kappa shape index (κ2) is 5.26. The second-order valence-electron chi connectivity index (χ2n) is 3.89. The lowest BCUT2D eigenvalue weighted by Crippen LogP contribution is -1.95. The summed E-state index contributed by atoms with van der Waals surface area (Å²) >= 11 is 0. The summed E-state index contributed by atoms with van der Waals surface area (Å²) in [4.78, 5) is 11.7. The maximum atomic E-state index is 11.7. The highest BCUT2D eigenvalue weighted by atomic mass is 16.1. The van der Waals surface area contributed by atoms with Crippen LogP contribution in [0.2, 0.25) is 0 Å². The van der Waals surface area contributed by atoms with Gasteiger partial charge < -0.3 is 0 Å². The van der Waals surface area contributed by atoms with Gasteiger partial charge in [-0.15, -0.1) is 0 Å². The summed E-state index contributed by atoms with van der Waals surface area (Å²) < 4.78 is 0. The van der Waals surface area contributed by atoms with Crippen molar-refractivity contribution in [2.24, 2.45) is 0 Å². The van der Waals surface area contributed by atoms with Crippen LogP contribution in [0.4, 0.5) is 0 Å². The Morgan fingerprint density at radius 1 is 0.882 bits per heavy atom. The largest absolute Gasteiger partial charge is 0.294 e. The van der Waals surface area contributed by atoms with Crippen molar-refractivity contribution < 1.29 is 4.79 Å². The molecule has 2 rings (SSSR count). The van der Waals surface area contributed by atoms with Crippen LogP contribution in [0.3, 0.4) is 0 Å². The number of carbonyl (C=O) groups is 1. The lowest BCUT2D eigenvalue weighted by Gasteiger charge is -2.04. The maximum Gasteiger partial charge on any atom is 0.160 e. The Morgan fingerprint density at radius 3 is 1.94 bits per heavy atom. The minimum Gasteiger partial charge on any atom is -0.294 e. The summed E-state index contributed by atoms with van der Waals surface area (Å²) in [6.07, 6.45) is 1.93. The molecule has 0 aliphatic rings. The quantitative estimate of drug-likeness (QED) is 0.570. The van der Waals surface area contributed by atoms with Crippen molar-refractivity contribution in [3.63, 3.8) is 0 Å². The van der Waals surface area contributed by atoms with Crippen LogP contribution >= 0.6 is 0 Å². The molecule has 0 spiro atoms. The van der Waals surface area contributed by atoms with E-state index in [0.717, 1.165) is 16.7 Å². The highest BCUT2D eigenvalue weighted by molar-refractivity contribution is 6.24. The Balaban J connectivity index is 2.44. The van der Waals surface area contributed by atoms with Gasteiger partial charge in [-0.05, 0) is 24.1 Å². The van der Waals surface area contributed by atoms with Gasteiger partial charge in [-0.1, -0.05) is 60.7 Å². The molecule has 1 nitrogen and oxygen atoms in total. The molecule has 0 unspecified atom stereocenters. The zero-order chi connectivity index (χ0) is 12.1. The van der Waals surface area contributed by atoms with E-state index in [9.17, 15) is 4.79 Å². The van der Waals surface area contributed by atoms with Gasteiger partial charge in [0.15, 0.2) is 5.78 Å². The molecule has 0 N–H and O–H groups in total. The fraction of sp³-hybridized carbons (Fsp3) is 0.0625. The molecule has 84 valence electrons. The number of carbonyl (C=O) groups excluding carboxylic acids is 1. The van der Waals surface area contributed by atoms with Crippen molar-refractivity contribution in [3.8, 4) is 0 Å². The molecule has 0 amide bonds. The molecule has 0 aromatic heterocycles. The van der Waals surface area contributed by atoms with E-state index >= 15 is 0 Å². The van der Waals surface area contributed by atoms with Crippen molar-refractivity contribution in [2.45, 2.75) is 6.92 Å². The number of rotatable bonds is 3. The number of ketones is 1. The molecule has 17 heavy (non-hydrogen) atoms. The molecule has 2 aromatic rings. The third kappa shape index (κ3) is 2.91. The molecular formula is C16H14O. The minimum absolute atomic E-state index is 0.0834. The number of allylic oxidation sites excluding steroid dienone is 1. The first kappa shape index (κ1) is 11.3. The first-order valence-corrected chi connectivity index (χ1v) is 5.60. The van der Waals surface area contributed by atoms with Crippen LogP contribution in [0.1, 0.15) is 18.1 Å². The molecular weight excluding hydrogens is 208 g/mol. The minimum atomic E-state index is 0.0834. The predicted molar refractivity (Wildman–Crippen MR) is 71.4 cm³/mol. The summed E-state index contributed by atoms with van der Waals surface area (Å²) in [6, 6.07) is 19.6. The lowest BCUT2D eigenvalue weighted by atomic mass is 10.00. The normalized spacial score (nSPS) is 11.2. The van der Waals surface area contributed by atoms with Crippen molar-refractivity contribution >= 4 is 17.4 Å². The van der Waals surface area contributed by atoms with Crippen LogP contribution in [0, 0.1) is 0 Å². The van der Waals surface area contributed by atoms with Crippen LogP contribution < -0.4 is 0 Å². The molecule has 0 saturated heterocycles. The molecule has 0 radical (unpaired) electrons.